The van der Waals surface area contributed by atoms with Gasteiger partial charge in [-0.15, -0.1) is 0 Å². The molecule has 0 aliphatic heterocycles. The van der Waals surface area contributed by atoms with Crippen LogP contribution in [0.1, 0.15) is 25.8 Å². The zero-order valence-electron chi connectivity index (χ0n) is 12.3. The van der Waals surface area contributed by atoms with Gasteiger partial charge in [-0.1, -0.05) is 43.3 Å². The fourth-order valence-corrected chi connectivity index (χ4v) is 2.11. The van der Waals surface area contributed by atoms with E-state index in [1.165, 1.54) is 5.56 Å². The van der Waals surface area contributed by atoms with Crippen molar-refractivity contribution in [1.29, 1.82) is 0 Å². The average Bonchev–Trinajstić information content (AvgIpc) is 2.52. The molecule has 0 fully saturated rings. The molecule has 20 heavy (non-hydrogen) atoms. The van der Waals surface area contributed by atoms with Crippen LogP contribution in [0.3, 0.4) is 0 Å². The van der Waals surface area contributed by atoms with Crippen molar-refractivity contribution in [2.75, 3.05) is 23.3 Å². The molecule has 0 unspecified atom stereocenters. The molecule has 0 amide bonds. The largest absolute Gasteiger partial charge is 0.370 e. The van der Waals surface area contributed by atoms with Crippen LogP contribution in [-0.2, 0) is 6.54 Å². The standard InChI is InChI=1S/C17H23N3/c1-3-13-18-16-11-8-12-17(19-16)20(4-2)14-15-9-6-5-7-10-15/h5-12H,3-4,13-14H2,1-2H3,(H,18,19). The van der Waals surface area contributed by atoms with Gasteiger partial charge in [0.2, 0.25) is 0 Å². The molecule has 1 aromatic carbocycles. The van der Waals surface area contributed by atoms with Crippen molar-refractivity contribution < 1.29 is 0 Å². The summed E-state index contributed by atoms with van der Waals surface area (Å²) < 4.78 is 0. The predicted molar refractivity (Wildman–Crippen MR) is 86.2 cm³/mol. The van der Waals surface area contributed by atoms with Crippen LogP contribution in [-0.4, -0.2) is 18.1 Å². The maximum absolute atomic E-state index is 4.69. The van der Waals surface area contributed by atoms with Crippen molar-refractivity contribution >= 4 is 11.6 Å². The molecule has 0 saturated carbocycles. The lowest BCUT2D eigenvalue weighted by Crippen LogP contribution is -2.23. The number of aromatic nitrogens is 1. The molecule has 2 aromatic rings. The highest BCUT2D eigenvalue weighted by molar-refractivity contribution is 5.47. The van der Waals surface area contributed by atoms with Crippen LogP contribution >= 0.6 is 0 Å². The SMILES string of the molecule is CCCNc1cccc(N(CC)Cc2ccccc2)n1. The second-order valence-corrected chi connectivity index (χ2v) is 4.81. The van der Waals surface area contributed by atoms with Gasteiger partial charge in [0.25, 0.3) is 0 Å². The zero-order chi connectivity index (χ0) is 14.2. The molecular formula is C17H23N3. The van der Waals surface area contributed by atoms with E-state index in [0.717, 1.165) is 37.7 Å². The van der Waals surface area contributed by atoms with Gasteiger partial charge in [0.15, 0.2) is 0 Å². The van der Waals surface area contributed by atoms with Crippen molar-refractivity contribution in [3.8, 4) is 0 Å². The van der Waals surface area contributed by atoms with Crippen LogP contribution in [0.2, 0.25) is 0 Å². The monoisotopic (exact) mass is 269 g/mol. The number of anilines is 2. The van der Waals surface area contributed by atoms with Crippen LogP contribution in [0.4, 0.5) is 11.6 Å². The summed E-state index contributed by atoms with van der Waals surface area (Å²) in [5, 5.41) is 3.34. The highest BCUT2D eigenvalue weighted by Gasteiger charge is 2.07. The van der Waals surface area contributed by atoms with Gasteiger partial charge in [0, 0.05) is 19.6 Å². The molecule has 2 rings (SSSR count). The summed E-state index contributed by atoms with van der Waals surface area (Å²) >= 11 is 0. The molecule has 0 radical (unpaired) electrons. The molecule has 0 atom stereocenters. The number of pyridine rings is 1. The first kappa shape index (κ1) is 14.4. The lowest BCUT2D eigenvalue weighted by atomic mass is 10.2. The molecule has 1 N–H and O–H groups in total. The second kappa shape index (κ2) is 7.53. The number of hydrogen-bond donors (Lipinski definition) is 1. The minimum absolute atomic E-state index is 0.890. The predicted octanol–water partition coefficient (Wildman–Crippen LogP) is 3.93. The summed E-state index contributed by atoms with van der Waals surface area (Å²) in [5.41, 5.74) is 1.31. The highest BCUT2D eigenvalue weighted by Crippen LogP contribution is 2.17. The van der Waals surface area contributed by atoms with Gasteiger partial charge in [0.05, 0.1) is 0 Å². The Morgan fingerprint density at radius 1 is 1.00 bits per heavy atom. The maximum atomic E-state index is 4.69. The first-order chi connectivity index (χ1) is 9.83. The lowest BCUT2D eigenvalue weighted by molar-refractivity contribution is 0.813. The minimum atomic E-state index is 0.890. The van der Waals surface area contributed by atoms with Crippen molar-refractivity contribution in [2.45, 2.75) is 26.8 Å². The van der Waals surface area contributed by atoms with Gasteiger partial charge in [0.1, 0.15) is 11.6 Å². The van der Waals surface area contributed by atoms with E-state index in [2.05, 4.69) is 60.5 Å². The van der Waals surface area contributed by atoms with E-state index in [9.17, 15) is 0 Å². The third-order valence-electron chi connectivity index (χ3n) is 3.21. The van der Waals surface area contributed by atoms with E-state index in [4.69, 9.17) is 4.98 Å². The van der Waals surface area contributed by atoms with Crippen molar-refractivity contribution in [3.05, 3.63) is 54.1 Å². The Kier molecular flexibility index (Phi) is 5.42. The Bertz CT molecular complexity index is 511. The van der Waals surface area contributed by atoms with E-state index < -0.39 is 0 Å². The summed E-state index contributed by atoms with van der Waals surface area (Å²) in [7, 11) is 0. The van der Waals surface area contributed by atoms with Crippen LogP contribution in [0, 0.1) is 0 Å². The van der Waals surface area contributed by atoms with Crippen LogP contribution in [0.25, 0.3) is 0 Å². The smallest absolute Gasteiger partial charge is 0.131 e. The Hall–Kier alpha value is -2.03. The van der Waals surface area contributed by atoms with E-state index >= 15 is 0 Å². The molecule has 106 valence electrons. The molecule has 0 spiro atoms. The Morgan fingerprint density at radius 2 is 1.80 bits per heavy atom. The average molecular weight is 269 g/mol. The highest BCUT2D eigenvalue weighted by atomic mass is 15.2. The van der Waals surface area contributed by atoms with Gasteiger partial charge in [-0.05, 0) is 31.0 Å². The molecule has 0 bridgehead atoms. The molecule has 3 nitrogen and oxygen atoms in total. The van der Waals surface area contributed by atoms with Crippen LogP contribution in [0.15, 0.2) is 48.5 Å². The number of nitrogens with one attached hydrogen (secondary N) is 1. The van der Waals surface area contributed by atoms with E-state index in [1.807, 2.05) is 12.1 Å². The maximum Gasteiger partial charge on any atom is 0.131 e. The van der Waals surface area contributed by atoms with Crippen LogP contribution in [0.5, 0.6) is 0 Å². The molecule has 0 aliphatic rings. The van der Waals surface area contributed by atoms with Gasteiger partial charge >= 0.3 is 0 Å². The summed E-state index contributed by atoms with van der Waals surface area (Å²) in [6.07, 6.45) is 1.10. The van der Waals surface area contributed by atoms with E-state index in [1.54, 1.807) is 0 Å². The first-order valence-electron chi connectivity index (χ1n) is 7.33. The molecule has 1 aromatic heterocycles. The summed E-state index contributed by atoms with van der Waals surface area (Å²) in [4.78, 5) is 6.98. The van der Waals surface area contributed by atoms with Gasteiger partial charge < -0.3 is 10.2 Å². The molecule has 1 heterocycles. The van der Waals surface area contributed by atoms with E-state index in [-0.39, 0.29) is 0 Å². The zero-order valence-corrected chi connectivity index (χ0v) is 12.3. The third kappa shape index (κ3) is 3.98. The summed E-state index contributed by atoms with van der Waals surface area (Å²) in [6, 6.07) is 16.7. The third-order valence-corrected chi connectivity index (χ3v) is 3.21. The molecular weight excluding hydrogens is 246 g/mol. The Morgan fingerprint density at radius 3 is 2.50 bits per heavy atom. The van der Waals surface area contributed by atoms with Gasteiger partial charge in [-0.2, -0.15) is 0 Å². The topological polar surface area (TPSA) is 28.2 Å². The van der Waals surface area contributed by atoms with Crippen LogP contribution < -0.4 is 10.2 Å². The Balaban J connectivity index is 2.10. The fourth-order valence-electron chi connectivity index (χ4n) is 2.11. The van der Waals surface area contributed by atoms with Crippen molar-refractivity contribution in [1.82, 2.24) is 4.98 Å². The number of benzene rings is 1. The number of nitrogens with zero attached hydrogens (tertiary/aromatic N) is 2. The van der Waals surface area contributed by atoms with E-state index in [0.29, 0.717) is 0 Å². The summed E-state index contributed by atoms with van der Waals surface area (Å²) in [5.74, 6) is 1.98. The number of rotatable bonds is 7. The summed E-state index contributed by atoms with van der Waals surface area (Å²) in [6.45, 7) is 7.11. The quantitative estimate of drug-likeness (QED) is 0.825. The lowest BCUT2D eigenvalue weighted by Gasteiger charge is -2.22. The normalized spacial score (nSPS) is 10.3. The van der Waals surface area contributed by atoms with Gasteiger partial charge in [-0.3, -0.25) is 0 Å². The molecule has 0 saturated heterocycles. The fraction of sp³-hybridized carbons (Fsp3) is 0.353. The van der Waals surface area contributed by atoms with Crippen molar-refractivity contribution in [3.63, 3.8) is 0 Å². The first-order valence-corrected chi connectivity index (χ1v) is 7.33. The molecule has 0 aliphatic carbocycles. The minimum Gasteiger partial charge on any atom is -0.370 e. The van der Waals surface area contributed by atoms with Gasteiger partial charge in [-0.25, -0.2) is 4.98 Å². The van der Waals surface area contributed by atoms with Crippen molar-refractivity contribution in [2.24, 2.45) is 0 Å². The second-order valence-electron chi connectivity index (χ2n) is 4.81. The molecule has 3 heteroatoms. The Labute approximate surface area is 121 Å². The number of hydrogen-bond acceptors (Lipinski definition) is 3.